The van der Waals surface area contributed by atoms with Crippen molar-refractivity contribution in [3.63, 3.8) is 0 Å². The molecular formula is C22H32F3IN4O2. The van der Waals surface area contributed by atoms with Gasteiger partial charge >= 0.3 is 6.18 Å². The number of halogens is 4. The van der Waals surface area contributed by atoms with Gasteiger partial charge in [-0.3, -0.25) is 9.79 Å². The summed E-state index contributed by atoms with van der Waals surface area (Å²) in [5, 5.41) is 6.46. The molecule has 180 valence electrons. The van der Waals surface area contributed by atoms with E-state index in [2.05, 4.69) is 15.6 Å². The van der Waals surface area contributed by atoms with E-state index in [1.54, 1.807) is 25.2 Å². The molecule has 2 fully saturated rings. The number of carbonyl (C=O) groups is 1. The predicted octanol–water partition coefficient (Wildman–Crippen LogP) is 4.09. The molecule has 2 aliphatic rings. The van der Waals surface area contributed by atoms with Gasteiger partial charge in [-0.25, -0.2) is 0 Å². The Labute approximate surface area is 204 Å². The van der Waals surface area contributed by atoms with Crippen molar-refractivity contribution >= 4 is 35.8 Å². The molecule has 6 nitrogen and oxygen atoms in total. The van der Waals surface area contributed by atoms with E-state index in [4.69, 9.17) is 4.74 Å². The number of hydrogen-bond acceptors (Lipinski definition) is 3. The van der Waals surface area contributed by atoms with Crippen LogP contribution >= 0.6 is 24.0 Å². The van der Waals surface area contributed by atoms with Crippen LogP contribution < -0.4 is 15.4 Å². The minimum Gasteiger partial charge on any atom is -0.484 e. The van der Waals surface area contributed by atoms with Gasteiger partial charge in [-0.1, -0.05) is 37.5 Å². The predicted molar refractivity (Wildman–Crippen MR) is 128 cm³/mol. The Bertz CT molecular complexity index is 770. The highest BCUT2D eigenvalue weighted by molar-refractivity contribution is 14.0. The van der Waals surface area contributed by atoms with E-state index in [-0.39, 0.29) is 54.1 Å². The summed E-state index contributed by atoms with van der Waals surface area (Å²) in [7, 11) is 1.64. The summed E-state index contributed by atoms with van der Waals surface area (Å²) in [5.41, 5.74) is 0.607. The summed E-state index contributed by atoms with van der Waals surface area (Å²) in [4.78, 5) is 18.9. The second-order valence-electron chi connectivity index (χ2n) is 8.19. The van der Waals surface area contributed by atoms with Gasteiger partial charge in [0.2, 0.25) is 5.91 Å². The normalized spacial score (nSPS) is 19.9. The van der Waals surface area contributed by atoms with E-state index in [0.717, 1.165) is 38.6 Å². The Hall–Kier alpha value is -1.72. The second kappa shape index (κ2) is 12.5. The Morgan fingerprint density at radius 2 is 1.91 bits per heavy atom. The van der Waals surface area contributed by atoms with Gasteiger partial charge in [0.1, 0.15) is 5.75 Å². The van der Waals surface area contributed by atoms with Gasteiger partial charge < -0.3 is 20.3 Å². The van der Waals surface area contributed by atoms with Crippen LogP contribution in [0.5, 0.6) is 5.75 Å². The molecule has 1 aromatic rings. The summed E-state index contributed by atoms with van der Waals surface area (Å²) in [6.07, 6.45) is 1.93. The quantitative estimate of drug-likeness (QED) is 0.309. The zero-order valence-corrected chi connectivity index (χ0v) is 20.6. The van der Waals surface area contributed by atoms with E-state index in [1.165, 1.54) is 12.5 Å². The average molecular weight is 568 g/mol. The third-order valence-corrected chi connectivity index (χ3v) is 5.83. The summed E-state index contributed by atoms with van der Waals surface area (Å²) < 4.78 is 42.4. The summed E-state index contributed by atoms with van der Waals surface area (Å²) in [6.45, 7) is 0.314. The van der Waals surface area contributed by atoms with E-state index < -0.39 is 12.8 Å². The largest absolute Gasteiger partial charge is 0.484 e. The summed E-state index contributed by atoms with van der Waals surface area (Å²) in [6, 6.07) is 6.71. The molecule has 0 radical (unpaired) electrons. The summed E-state index contributed by atoms with van der Waals surface area (Å²) >= 11 is 0. The maximum atomic E-state index is 12.7. The Balaban J connectivity index is 0.00000363. The van der Waals surface area contributed by atoms with E-state index in [9.17, 15) is 18.0 Å². The Morgan fingerprint density at radius 3 is 2.59 bits per heavy atom. The molecule has 1 amide bonds. The van der Waals surface area contributed by atoms with Gasteiger partial charge in [-0.05, 0) is 25.3 Å². The van der Waals surface area contributed by atoms with Crippen LogP contribution in [0.4, 0.5) is 13.2 Å². The van der Waals surface area contributed by atoms with Crippen molar-refractivity contribution in [2.45, 2.75) is 57.3 Å². The number of rotatable bonds is 6. The van der Waals surface area contributed by atoms with E-state index in [1.807, 2.05) is 4.90 Å². The zero-order chi connectivity index (χ0) is 22.3. The van der Waals surface area contributed by atoms with Crippen molar-refractivity contribution in [2.24, 2.45) is 10.9 Å². The lowest BCUT2D eigenvalue weighted by atomic mass is 9.88. The number of hydrogen-bond donors (Lipinski definition) is 2. The fraction of sp³-hybridized carbons (Fsp3) is 0.636. The van der Waals surface area contributed by atoms with Crippen LogP contribution in [0.1, 0.15) is 44.1 Å². The van der Waals surface area contributed by atoms with E-state index in [0.29, 0.717) is 18.1 Å². The number of nitrogens with zero attached hydrogens (tertiary/aromatic N) is 2. The number of para-hydroxylation sites is 1. The number of aliphatic imine (C=N–C) groups is 1. The standard InChI is InChI=1S/C22H31F3N4O2.HI/c1-26-21(27-13-17-9-5-6-10-19(17)31-15-22(23,24)25)28-18-11-12-29(14-18)20(30)16-7-3-2-4-8-16;/h5-6,9-10,16,18H,2-4,7-8,11-15H2,1H3,(H2,26,27,28);1H. The monoisotopic (exact) mass is 568 g/mol. The van der Waals surface area contributed by atoms with Crippen LogP contribution in [0.15, 0.2) is 29.3 Å². The molecule has 32 heavy (non-hydrogen) atoms. The number of benzene rings is 1. The van der Waals surface area contributed by atoms with Gasteiger partial charge in [0.15, 0.2) is 12.6 Å². The molecular weight excluding hydrogens is 536 g/mol. The number of carbonyl (C=O) groups excluding carboxylic acids is 1. The van der Waals surface area contributed by atoms with Gasteiger partial charge in [0.25, 0.3) is 0 Å². The van der Waals surface area contributed by atoms with Crippen molar-refractivity contribution < 1.29 is 22.7 Å². The summed E-state index contributed by atoms with van der Waals surface area (Å²) in [5.74, 6) is 1.16. The van der Waals surface area contributed by atoms with Crippen molar-refractivity contribution in [1.82, 2.24) is 15.5 Å². The lowest BCUT2D eigenvalue weighted by Gasteiger charge is -2.26. The van der Waals surface area contributed by atoms with Crippen LogP contribution in [0, 0.1) is 5.92 Å². The first kappa shape index (κ1) is 26.5. The average Bonchev–Trinajstić information content (AvgIpc) is 3.23. The van der Waals surface area contributed by atoms with Crippen LogP contribution in [-0.4, -0.2) is 55.7 Å². The van der Waals surface area contributed by atoms with Gasteiger partial charge in [-0.2, -0.15) is 13.2 Å². The Kier molecular flexibility index (Phi) is 10.4. The number of nitrogens with one attached hydrogen (secondary N) is 2. The SMILES string of the molecule is CN=C(NCc1ccccc1OCC(F)(F)F)NC1CCN(C(=O)C2CCCCC2)C1.I. The smallest absolute Gasteiger partial charge is 0.422 e. The number of likely N-dealkylation sites (tertiary alicyclic amines) is 1. The Morgan fingerprint density at radius 1 is 1.19 bits per heavy atom. The fourth-order valence-electron chi connectivity index (χ4n) is 4.20. The molecule has 1 heterocycles. The molecule has 1 saturated carbocycles. The van der Waals surface area contributed by atoms with Crippen LogP contribution in [0.3, 0.4) is 0 Å². The highest BCUT2D eigenvalue weighted by Crippen LogP contribution is 2.27. The first-order valence-corrected chi connectivity index (χ1v) is 10.9. The molecule has 1 saturated heterocycles. The van der Waals surface area contributed by atoms with Crippen molar-refractivity contribution in [3.8, 4) is 5.75 Å². The molecule has 1 atom stereocenters. The third kappa shape index (κ3) is 8.00. The highest BCUT2D eigenvalue weighted by atomic mass is 127. The van der Waals surface area contributed by atoms with Crippen LogP contribution in [0.2, 0.25) is 0 Å². The molecule has 2 N–H and O–H groups in total. The van der Waals surface area contributed by atoms with Crippen LogP contribution in [0.25, 0.3) is 0 Å². The maximum Gasteiger partial charge on any atom is 0.422 e. The first-order valence-electron chi connectivity index (χ1n) is 10.9. The number of amides is 1. The molecule has 1 unspecified atom stereocenters. The number of ether oxygens (including phenoxy) is 1. The van der Waals surface area contributed by atoms with Gasteiger partial charge in [0.05, 0.1) is 0 Å². The minimum absolute atomic E-state index is 0. The molecule has 10 heteroatoms. The van der Waals surface area contributed by atoms with Crippen molar-refractivity contribution in [2.75, 3.05) is 26.7 Å². The number of alkyl halides is 3. The van der Waals surface area contributed by atoms with Gasteiger partial charge in [-0.15, -0.1) is 24.0 Å². The molecule has 1 aromatic carbocycles. The third-order valence-electron chi connectivity index (χ3n) is 5.83. The molecule has 1 aliphatic heterocycles. The fourth-order valence-corrected chi connectivity index (χ4v) is 4.20. The minimum atomic E-state index is -4.39. The molecule has 0 spiro atoms. The van der Waals surface area contributed by atoms with Crippen molar-refractivity contribution in [1.29, 1.82) is 0 Å². The maximum absolute atomic E-state index is 12.7. The lowest BCUT2D eigenvalue weighted by molar-refractivity contribution is -0.153. The highest BCUT2D eigenvalue weighted by Gasteiger charge is 2.32. The molecule has 1 aliphatic carbocycles. The number of guanidine groups is 1. The van der Waals surface area contributed by atoms with Crippen LogP contribution in [-0.2, 0) is 11.3 Å². The molecule has 0 aromatic heterocycles. The topological polar surface area (TPSA) is 66.0 Å². The molecule has 0 bridgehead atoms. The second-order valence-corrected chi connectivity index (χ2v) is 8.19. The molecule has 3 rings (SSSR count). The van der Waals surface area contributed by atoms with E-state index >= 15 is 0 Å². The van der Waals surface area contributed by atoms with Gasteiger partial charge in [0, 0.05) is 44.2 Å². The zero-order valence-electron chi connectivity index (χ0n) is 18.3. The lowest BCUT2D eigenvalue weighted by Crippen LogP contribution is -2.45. The first-order chi connectivity index (χ1) is 14.9. The van der Waals surface area contributed by atoms with Crippen molar-refractivity contribution in [3.05, 3.63) is 29.8 Å².